The van der Waals surface area contributed by atoms with Gasteiger partial charge in [0.25, 0.3) is 0 Å². The van der Waals surface area contributed by atoms with Crippen molar-refractivity contribution in [3.8, 4) is 0 Å². The van der Waals surface area contributed by atoms with E-state index in [1.54, 1.807) is 0 Å². The van der Waals surface area contributed by atoms with Crippen molar-refractivity contribution >= 4 is 17.5 Å². The lowest BCUT2D eigenvalue weighted by Crippen LogP contribution is -2.46. The molecule has 1 saturated carbocycles. The fourth-order valence-electron chi connectivity index (χ4n) is 3.99. The Kier molecular flexibility index (Phi) is 5.41. The van der Waals surface area contributed by atoms with E-state index in [1.165, 1.54) is 18.4 Å². The number of likely N-dealkylation sites (tertiary alicyclic amines) is 1. The van der Waals surface area contributed by atoms with Crippen LogP contribution >= 0.6 is 11.6 Å². The molecule has 0 spiro atoms. The highest BCUT2D eigenvalue weighted by Crippen LogP contribution is 2.49. The van der Waals surface area contributed by atoms with Gasteiger partial charge >= 0.3 is 0 Å². The third kappa shape index (κ3) is 4.47. The van der Waals surface area contributed by atoms with Crippen LogP contribution in [-0.4, -0.2) is 50.6 Å². The lowest BCUT2D eigenvalue weighted by atomic mass is 9.99. The van der Waals surface area contributed by atoms with Crippen molar-refractivity contribution in [2.45, 2.75) is 56.5 Å². The second-order valence-electron chi connectivity index (χ2n) is 7.75. The third-order valence-electron chi connectivity index (χ3n) is 5.73. The van der Waals surface area contributed by atoms with Gasteiger partial charge in [-0.05, 0) is 49.9 Å². The number of nitrogens with zero attached hydrogens (tertiary/aromatic N) is 4. The predicted molar refractivity (Wildman–Crippen MR) is 102 cm³/mol. The van der Waals surface area contributed by atoms with E-state index in [2.05, 4.69) is 36.9 Å². The molecule has 27 heavy (non-hydrogen) atoms. The summed E-state index contributed by atoms with van der Waals surface area (Å²) in [6, 6.07) is 8.38. The topological polar surface area (TPSA) is 86.8 Å². The number of nitrogens with one attached hydrogen (secondary N) is 2. The summed E-state index contributed by atoms with van der Waals surface area (Å²) in [4.78, 5) is 15.0. The number of benzene rings is 1. The molecule has 1 saturated heterocycles. The van der Waals surface area contributed by atoms with Crippen molar-refractivity contribution in [1.82, 2.24) is 30.8 Å². The van der Waals surface area contributed by atoms with E-state index in [9.17, 15) is 4.79 Å². The van der Waals surface area contributed by atoms with Gasteiger partial charge in [-0.3, -0.25) is 9.69 Å². The van der Waals surface area contributed by atoms with Gasteiger partial charge in [0.15, 0.2) is 5.82 Å². The number of carbonyl (C=O) groups excluding carboxylic acids is 1. The highest BCUT2D eigenvalue weighted by atomic mass is 35.5. The first-order valence-electron chi connectivity index (χ1n) is 9.64. The molecule has 7 nitrogen and oxygen atoms in total. The monoisotopic (exact) mass is 388 g/mol. The summed E-state index contributed by atoms with van der Waals surface area (Å²) in [5.41, 5.74) is 1.01. The number of rotatable bonds is 7. The molecule has 8 heteroatoms. The molecular formula is C19H25ClN6O. The van der Waals surface area contributed by atoms with Crippen LogP contribution in [0, 0.1) is 0 Å². The fraction of sp³-hybridized carbons (Fsp3) is 0.579. The van der Waals surface area contributed by atoms with Crippen molar-refractivity contribution in [1.29, 1.82) is 0 Å². The Bertz CT molecular complexity index is 776. The van der Waals surface area contributed by atoms with Gasteiger partial charge in [-0.25, -0.2) is 0 Å². The van der Waals surface area contributed by atoms with Gasteiger partial charge < -0.3 is 5.32 Å². The van der Waals surface area contributed by atoms with E-state index in [-0.39, 0.29) is 11.3 Å². The van der Waals surface area contributed by atoms with Crippen molar-refractivity contribution in [3.63, 3.8) is 0 Å². The number of aromatic amines is 1. The van der Waals surface area contributed by atoms with Gasteiger partial charge in [0.05, 0.1) is 0 Å². The van der Waals surface area contributed by atoms with Gasteiger partial charge in [0.1, 0.15) is 0 Å². The molecule has 1 amide bonds. The van der Waals surface area contributed by atoms with Crippen molar-refractivity contribution in [2.24, 2.45) is 0 Å². The maximum atomic E-state index is 12.5. The number of hydrogen-bond donors (Lipinski definition) is 2. The van der Waals surface area contributed by atoms with Crippen molar-refractivity contribution in [3.05, 3.63) is 40.7 Å². The first kappa shape index (κ1) is 18.4. The van der Waals surface area contributed by atoms with Crippen molar-refractivity contribution in [2.75, 3.05) is 13.1 Å². The molecule has 1 aromatic heterocycles. The summed E-state index contributed by atoms with van der Waals surface area (Å²) in [6.07, 6.45) is 5.85. The number of tetrazole rings is 1. The Morgan fingerprint density at radius 2 is 2.26 bits per heavy atom. The fourth-order valence-corrected chi connectivity index (χ4v) is 4.20. The largest absolute Gasteiger partial charge is 0.355 e. The van der Waals surface area contributed by atoms with Gasteiger partial charge in [-0.15, -0.1) is 10.2 Å². The van der Waals surface area contributed by atoms with Crippen LogP contribution in [0.5, 0.6) is 0 Å². The number of amides is 1. The zero-order valence-corrected chi connectivity index (χ0v) is 16.1. The average molecular weight is 389 g/mol. The molecule has 144 valence electrons. The summed E-state index contributed by atoms with van der Waals surface area (Å²) in [5, 5.41) is 18.2. The van der Waals surface area contributed by atoms with E-state index < -0.39 is 0 Å². The van der Waals surface area contributed by atoms with Crippen LogP contribution in [0.4, 0.5) is 0 Å². The quantitative estimate of drug-likeness (QED) is 0.760. The highest BCUT2D eigenvalue weighted by Gasteiger charge is 2.49. The van der Waals surface area contributed by atoms with Gasteiger partial charge in [0, 0.05) is 36.0 Å². The molecule has 1 aromatic carbocycles. The number of piperidine rings is 1. The summed E-state index contributed by atoms with van der Waals surface area (Å²) >= 11 is 6.12. The first-order valence-corrected chi connectivity index (χ1v) is 10.0. The van der Waals surface area contributed by atoms with E-state index in [0.717, 1.165) is 37.4 Å². The van der Waals surface area contributed by atoms with E-state index in [4.69, 9.17) is 11.6 Å². The lowest BCUT2D eigenvalue weighted by Gasteiger charge is -2.36. The van der Waals surface area contributed by atoms with E-state index in [0.29, 0.717) is 24.8 Å². The van der Waals surface area contributed by atoms with Gasteiger partial charge in [-0.1, -0.05) is 35.4 Å². The Balaban J connectivity index is 1.31. The van der Waals surface area contributed by atoms with E-state index in [1.807, 2.05) is 18.2 Å². The number of hydrogen-bond acceptors (Lipinski definition) is 5. The summed E-state index contributed by atoms with van der Waals surface area (Å²) in [5.74, 6) is 0.739. The van der Waals surface area contributed by atoms with Crippen LogP contribution < -0.4 is 5.32 Å². The lowest BCUT2D eigenvalue weighted by molar-refractivity contribution is -0.122. The maximum Gasteiger partial charge on any atom is 0.221 e. The molecule has 1 aliphatic heterocycles. The maximum absolute atomic E-state index is 12.5. The standard InChI is InChI=1S/C19H25ClN6O/c20-15-5-3-4-14(10-15)13-26-9-2-1-6-16(26)12-21-17(27)11-19(7-8-19)18-22-24-25-23-18/h3-5,10,16H,1-2,6-9,11-13H2,(H,21,27)(H,22,23,24,25). The first-order chi connectivity index (χ1) is 13.1. The Morgan fingerprint density at radius 3 is 3.00 bits per heavy atom. The van der Waals surface area contributed by atoms with Crippen LogP contribution in [0.3, 0.4) is 0 Å². The molecule has 4 rings (SSSR count). The minimum absolute atomic E-state index is 0.0746. The predicted octanol–water partition coefficient (Wildman–Crippen LogP) is 2.45. The second-order valence-corrected chi connectivity index (χ2v) is 8.18. The van der Waals surface area contributed by atoms with Crippen LogP contribution in [0.2, 0.25) is 5.02 Å². The van der Waals surface area contributed by atoms with Crippen LogP contribution in [0.15, 0.2) is 24.3 Å². The molecule has 2 aliphatic rings. The second kappa shape index (κ2) is 7.94. The molecule has 2 N–H and O–H groups in total. The average Bonchev–Trinajstić information content (AvgIpc) is 3.21. The third-order valence-corrected chi connectivity index (χ3v) is 5.97. The Hall–Kier alpha value is -1.99. The summed E-state index contributed by atoms with van der Waals surface area (Å²) < 4.78 is 0. The van der Waals surface area contributed by atoms with Crippen LogP contribution in [0.25, 0.3) is 0 Å². The van der Waals surface area contributed by atoms with Crippen LogP contribution in [0.1, 0.15) is 49.9 Å². The zero-order chi connectivity index (χ0) is 18.7. The molecule has 2 fully saturated rings. The smallest absolute Gasteiger partial charge is 0.221 e. The SMILES string of the molecule is O=C(CC1(c2nn[nH]n2)CC1)NCC1CCCCN1Cc1cccc(Cl)c1. The van der Waals surface area contributed by atoms with E-state index >= 15 is 0 Å². The van der Waals surface area contributed by atoms with Crippen molar-refractivity contribution < 1.29 is 4.79 Å². The minimum Gasteiger partial charge on any atom is -0.355 e. The molecule has 2 aromatic rings. The van der Waals surface area contributed by atoms with Gasteiger partial charge in [-0.2, -0.15) is 5.21 Å². The number of halogens is 1. The molecule has 2 heterocycles. The minimum atomic E-state index is -0.204. The number of aromatic nitrogens is 4. The zero-order valence-electron chi connectivity index (χ0n) is 15.3. The number of H-pyrrole nitrogens is 1. The molecule has 1 unspecified atom stereocenters. The normalized spacial score (nSPS) is 21.7. The Morgan fingerprint density at radius 1 is 1.37 bits per heavy atom. The number of carbonyl (C=O) groups is 1. The highest BCUT2D eigenvalue weighted by molar-refractivity contribution is 6.30. The molecule has 0 bridgehead atoms. The molecule has 0 radical (unpaired) electrons. The van der Waals surface area contributed by atoms with Crippen LogP contribution in [-0.2, 0) is 16.8 Å². The Labute approximate surface area is 163 Å². The summed E-state index contributed by atoms with van der Waals surface area (Å²) in [6.45, 7) is 2.61. The van der Waals surface area contributed by atoms with Gasteiger partial charge in [0.2, 0.25) is 5.91 Å². The molecule has 1 aliphatic carbocycles. The summed E-state index contributed by atoms with van der Waals surface area (Å²) in [7, 11) is 0. The molecular weight excluding hydrogens is 364 g/mol. The molecule has 1 atom stereocenters.